The molecule has 0 heterocycles. The van der Waals surface area contributed by atoms with Crippen LogP contribution < -0.4 is 0 Å². The summed E-state index contributed by atoms with van der Waals surface area (Å²) in [5.74, 6) is -1.14. The molecule has 0 aliphatic heterocycles. The molecular weight excluding hydrogens is 85.8 g/mol. The molecule has 0 aliphatic rings. The highest BCUT2D eigenvalue weighted by Gasteiger charge is 1.94. The molecular formula is C2H3BFO2. The molecule has 0 aromatic heterocycles. The number of hydrogen-bond acceptors (Lipinski definition) is 1. The summed E-state index contributed by atoms with van der Waals surface area (Å²) in [4.78, 5) is 9.33. The van der Waals surface area contributed by atoms with Gasteiger partial charge in [0.15, 0.2) is 0 Å². The number of carboxylic acid groups (broad SMARTS) is 1. The van der Waals surface area contributed by atoms with Crippen LogP contribution in [-0.4, -0.2) is 18.6 Å². The van der Waals surface area contributed by atoms with Gasteiger partial charge in [-0.25, -0.2) is 0 Å². The molecule has 0 atom stereocenters. The zero-order chi connectivity index (χ0) is 4.99. The van der Waals surface area contributed by atoms with Crippen LogP contribution in [0.3, 0.4) is 0 Å². The van der Waals surface area contributed by atoms with Gasteiger partial charge in [-0.15, -0.1) is 0 Å². The summed E-state index contributed by atoms with van der Waals surface area (Å²) < 4.78 is 10.7. The monoisotopic (exact) mass is 89.0 g/mol. The van der Waals surface area contributed by atoms with Crippen LogP contribution in [0.15, 0.2) is 0 Å². The van der Waals surface area contributed by atoms with Crippen molar-refractivity contribution in [3.05, 3.63) is 0 Å². The molecule has 0 saturated carbocycles. The van der Waals surface area contributed by atoms with Gasteiger partial charge in [0, 0.05) is 0 Å². The quantitative estimate of drug-likeness (QED) is 0.486. The molecule has 0 saturated heterocycles. The average Bonchev–Trinajstić information content (AvgIpc) is 1.35. The Morgan fingerprint density at radius 1 is 2.00 bits per heavy atom. The topological polar surface area (TPSA) is 37.3 Å². The van der Waals surface area contributed by atoms with Crippen molar-refractivity contribution >= 4 is 13.5 Å². The summed E-state index contributed by atoms with van der Waals surface area (Å²) in [5, 5.41) is 7.64. The SMILES string of the molecule is O=C(O)C[B]F. The molecule has 33 valence electrons. The van der Waals surface area contributed by atoms with Crippen LogP contribution >= 0.6 is 0 Å². The predicted octanol–water partition coefficient (Wildman–Crippen LogP) is 0.0780. The number of rotatable bonds is 2. The van der Waals surface area contributed by atoms with Gasteiger partial charge in [0.05, 0.1) is 6.32 Å². The number of halogens is 1. The van der Waals surface area contributed by atoms with E-state index in [-0.39, 0.29) is 7.56 Å². The summed E-state index contributed by atoms with van der Waals surface area (Å²) in [6.07, 6.45) is -0.500. The second-order valence-electron chi connectivity index (χ2n) is 0.752. The fraction of sp³-hybridized carbons (Fsp3) is 0.500. The van der Waals surface area contributed by atoms with E-state index in [9.17, 15) is 9.11 Å². The normalized spacial score (nSPS) is 7.50. The maximum Gasteiger partial charge on any atom is 0.366 e. The van der Waals surface area contributed by atoms with E-state index in [4.69, 9.17) is 5.11 Å². The van der Waals surface area contributed by atoms with Crippen LogP contribution in [0.5, 0.6) is 0 Å². The first-order valence-corrected chi connectivity index (χ1v) is 1.41. The van der Waals surface area contributed by atoms with Crippen molar-refractivity contribution in [1.29, 1.82) is 0 Å². The molecule has 6 heavy (non-hydrogen) atoms. The molecule has 1 radical (unpaired) electrons. The Balaban J connectivity index is 2.83. The van der Waals surface area contributed by atoms with Crippen molar-refractivity contribution in [2.75, 3.05) is 0 Å². The number of hydrogen-bond donors (Lipinski definition) is 1. The number of carboxylic acids is 1. The van der Waals surface area contributed by atoms with Gasteiger partial charge in [0.1, 0.15) is 0 Å². The highest BCUT2D eigenvalue weighted by Crippen LogP contribution is 1.74. The van der Waals surface area contributed by atoms with E-state index < -0.39 is 12.3 Å². The molecule has 0 unspecified atom stereocenters. The Morgan fingerprint density at radius 3 is 2.50 bits per heavy atom. The molecule has 0 aliphatic carbocycles. The Bertz CT molecular complexity index is 55.5. The van der Waals surface area contributed by atoms with E-state index in [0.717, 1.165) is 0 Å². The summed E-state index contributed by atoms with van der Waals surface area (Å²) in [7, 11) is 0.0995. The lowest BCUT2D eigenvalue weighted by atomic mass is 10.0. The van der Waals surface area contributed by atoms with Gasteiger partial charge in [-0.3, -0.25) is 4.79 Å². The summed E-state index contributed by atoms with van der Waals surface area (Å²) in [6, 6.07) is 0. The van der Waals surface area contributed by atoms with E-state index in [0.29, 0.717) is 0 Å². The summed E-state index contributed by atoms with van der Waals surface area (Å²) in [6.45, 7) is 0. The van der Waals surface area contributed by atoms with E-state index in [1.54, 1.807) is 0 Å². The lowest BCUT2D eigenvalue weighted by Crippen LogP contribution is -1.94. The van der Waals surface area contributed by atoms with Crippen LogP contribution in [0.25, 0.3) is 0 Å². The maximum atomic E-state index is 10.7. The molecule has 4 heteroatoms. The third kappa shape index (κ3) is 3.46. The third-order valence-corrected chi connectivity index (χ3v) is 0.252. The highest BCUT2D eigenvalue weighted by atomic mass is 19.1. The van der Waals surface area contributed by atoms with Crippen molar-refractivity contribution < 1.29 is 14.2 Å². The Morgan fingerprint density at radius 2 is 2.50 bits per heavy atom. The second-order valence-corrected chi connectivity index (χ2v) is 0.752. The number of carbonyl (C=O) groups is 1. The smallest absolute Gasteiger partial charge is 0.366 e. The summed E-state index contributed by atoms with van der Waals surface area (Å²) >= 11 is 0. The van der Waals surface area contributed by atoms with E-state index in [1.165, 1.54) is 0 Å². The van der Waals surface area contributed by atoms with E-state index >= 15 is 0 Å². The molecule has 0 spiro atoms. The Kier molecular flexibility index (Phi) is 2.45. The van der Waals surface area contributed by atoms with Crippen molar-refractivity contribution in [2.45, 2.75) is 6.32 Å². The van der Waals surface area contributed by atoms with Crippen LogP contribution in [0, 0.1) is 0 Å². The molecule has 0 aromatic carbocycles. The van der Waals surface area contributed by atoms with Crippen molar-refractivity contribution in [2.24, 2.45) is 0 Å². The first kappa shape index (κ1) is 5.46. The fourth-order valence-corrected chi connectivity index (χ4v) is 0.0660. The second kappa shape index (κ2) is 2.69. The lowest BCUT2D eigenvalue weighted by molar-refractivity contribution is -0.134. The first-order valence-electron chi connectivity index (χ1n) is 1.41. The predicted molar refractivity (Wildman–Crippen MR) is 19.3 cm³/mol. The van der Waals surface area contributed by atoms with Gasteiger partial charge in [-0.2, -0.15) is 0 Å². The Labute approximate surface area is 35.3 Å². The molecule has 0 bridgehead atoms. The van der Waals surface area contributed by atoms with Crippen LogP contribution in [0.2, 0.25) is 6.32 Å². The molecule has 0 rings (SSSR count). The van der Waals surface area contributed by atoms with Gasteiger partial charge in [-0.05, 0) is 0 Å². The average molecular weight is 88.9 g/mol. The molecule has 2 nitrogen and oxygen atoms in total. The zero-order valence-corrected chi connectivity index (χ0v) is 3.02. The van der Waals surface area contributed by atoms with Crippen molar-refractivity contribution in [1.82, 2.24) is 0 Å². The third-order valence-electron chi connectivity index (χ3n) is 0.252. The minimum Gasteiger partial charge on any atom is -0.482 e. The fourth-order valence-electron chi connectivity index (χ4n) is 0.0660. The molecule has 1 N–H and O–H groups in total. The van der Waals surface area contributed by atoms with Crippen LogP contribution in [0.1, 0.15) is 0 Å². The molecule has 0 fully saturated rings. The zero-order valence-electron chi connectivity index (χ0n) is 3.02. The minimum absolute atomic E-state index is 0.0995. The van der Waals surface area contributed by atoms with Gasteiger partial charge >= 0.3 is 7.56 Å². The lowest BCUT2D eigenvalue weighted by Gasteiger charge is -1.75. The van der Waals surface area contributed by atoms with Gasteiger partial charge < -0.3 is 9.42 Å². The minimum atomic E-state index is -1.14. The Hall–Kier alpha value is -0.535. The summed E-state index contributed by atoms with van der Waals surface area (Å²) in [5.41, 5.74) is 0. The van der Waals surface area contributed by atoms with Gasteiger partial charge in [0.2, 0.25) is 0 Å². The highest BCUT2D eigenvalue weighted by molar-refractivity contribution is 6.32. The van der Waals surface area contributed by atoms with Crippen molar-refractivity contribution in [3.8, 4) is 0 Å². The number of aliphatic carboxylic acids is 1. The largest absolute Gasteiger partial charge is 0.482 e. The van der Waals surface area contributed by atoms with Gasteiger partial charge in [-0.1, -0.05) is 0 Å². The van der Waals surface area contributed by atoms with Crippen molar-refractivity contribution in [3.63, 3.8) is 0 Å². The molecule has 0 aromatic rings. The molecule has 0 amide bonds. The van der Waals surface area contributed by atoms with Crippen LogP contribution in [-0.2, 0) is 4.79 Å². The van der Waals surface area contributed by atoms with E-state index in [1.807, 2.05) is 0 Å². The van der Waals surface area contributed by atoms with Crippen LogP contribution in [0.4, 0.5) is 4.32 Å². The van der Waals surface area contributed by atoms with Gasteiger partial charge in [0.25, 0.3) is 5.97 Å². The standard InChI is InChI=1S/C2H3BFO2/c4-3-1-2(5)6/h1H2,(H,5,6). The van der Waals surface area contributed by atoms with E-state index in [2.05, 4.69) is 0 Å². The maximum absolute atomic E-state index is 10.7. The first-order chi connectivity index (χ1) is 2.77.